The van der Waals surface area contributed by atoms with Gasteiger partial charge in [-0.15, -0.1) is 10.2 Å². The van der Waals surface area contributed by atoms with Crippen LogP contribution in [0.3, 0.4) is 0 Å². The number of hydrogen-bond donors (Lipinski definition) is 3. The number of nitrogens with one attached hydrogen (secondary N) is 2. The van der Waals surface area contributed by atoms with E-state index in [0.29, 0.717) is 16.8 Å². The van der Waals surface area contributed by atoms with Crippen molar-refractivity contribution in [2.45, 2.75) is 32.8 Å². The number of amides is 2. The van der Waals surface area contributed by atoms with Gasteiger partial charge in [0.25, 0.3) is 0 Å². The molecule has 2 aromatic rings. The molecule has 0 spiro atoms. The molecule has 0 radical (unpaired) electrons. The Morgan fingerprint density at radius 1 is 1.50 bits per heavy atom. The molecule has 0 aromatic carbocycles. The van der Waals surface area contributed by atoms with E-state index in [-0.39, 0.29) is 6.54 Å². The first-order valence-electron chi connectivity index (χ1n) is 7.00. The van der Waals surface area contributed by atoms with Crippen molar-refractivity contribution in [1.82, 2.24) is 15.5 Å². The highest BCUT2D eigenvalue weighted by atomic mass is 32.1. The Balaban J connectivity index is 1.84. The molecule has 2 amide bonds. The minimum Gasteiger partial charge on any atom is -0.466 e. The first-order chi connectivity index (χ1) is 10.4. The number of rotatable bonds is 6. The molecule has 0 bridgehead atoms. The third-order valence-electron chi connectivity index (χ3n) is 2.92. The molecule has 0 saturated carbocycles. The standard InChI is InChI=1S/C14H20N4O3S/c1-9(2)7-11-17-18-13(22-11)16-12(19)15-8-14(3,20)10-5-4-6-21-10/h4-6,9,20H,7-8H2,1-3H3,(H2,15,16,18,19). The van der Waals surface area contributed by atoms with E-state index in [0.717, 1.165) is 11.4 Å². The van der Waals surface area contributed by atoms with E-state index in [2.05, 4.69) is 34.7 Å². The first kappa shape index (κ1) is 16.4. The topological polar surface area (TPSA) is 100 Å². The van der Waals surface area contributed by atoms with Crippen LogP contribution in [-0.2, 0) is 12.0 Å². The van der Waals surface area contributed by atoms with Crippen molar-refractivity contribution >= 4 is 22.5 Å². The van der Waals surface area contributed by atoms with Crippen LogP contribution in [0.1, 0.15) is 31.5 Å². The normalized spacial score (nSPS) is 13.9. The second-order valence-electron chi connectivity index (χ2n) is 5.66. The molecule has 2 heterocycles. The lowest BCUT2D eigenvalue weighted by atomic mass is 10.0. The van der Waals surface area contributed by atoms with Gasteiger partial charge in [0.1, 0.15) is 16.4 Å². The van der Waals surface area contributed by atoms with Crippen LogP contribution < -0.4 is 10.6 Å². The van der Waals surface area contributed by atoms with Crippen LogP contribution >= 0.6 is 11.3 Å². The van der Waals surface area contributed by atoms with Crippen molar-refractivity contribution in [2.24, 2.45) is 5.92 Å². The second-order valence-corrected chi connectivity index (χ2v) is 6.72. The molecule has 1 unspecified atom stereocenters. The molecular weight excluding hydrogens is 304 g/mol. The summed E-state index contributed by atoms with van der Waals surface area (Å²) >= 11 is 1.35. The zero-order chi connectivity index (χ0) is 16.2. The summed E-state index contributed by atoms with van der Waals surface area (Å²) in [5.41, 5.74) is -1.27. The number of anilines is 1. The Morgan fingerprint density at radius 2 is 2.27 bits per heavy atom. The van der Waals surface area contributed by atoms with Crippen LogP contribution in [0.4, 0.5) is 9.93 Å². The van der Waals surface area contributed by atoms with Gasteiger partial charge in [0.15, 0.2) is 0 Å². The summed E-state index contributed by atoms with van der Waals surface area (Å²) in [4.78, 5) is 11.8. The predicted molar refractivity (Wildman–Crippen MR) is 83.8 cm³/mol. The summed E-state index contributed by atoms with van der Waals surface area (Å²) in [6.45, 7) is 5.78. The maximum absolute atomic E-state index is 11.8. The van der Waals surface area contributed by atoms with Crippen LogP contribution in [0, 0.1) is 5.92 Å². The number of urea groups is 1. The van der Waals surface area contributed by atoms with Gasteiger partial charge in [-0.25, -0.2) is 4.79 Å². The van der Waals surface area contributed by atoms with Gasteiger partial charge in [-0.1, -0.05) is 25.2 Å². The molecule has 3 N–H and O–H groups in total. The van der Waals surface area contributed by atoms with Crippen LogP contribution in [0.25, 0.3) is 0 Å². The van der Waals surface area contributed by atoms with Crippen molar-refractivity contribution in [3.05, 3.63) is 29.2 Å². The van der Waals surface area contributed by atoms with Gasteiger partial charge in [-0.2, -0.15) is 0 Å². The third kappa shape index (κ3) is 4.54. The molecule has 0 aliphatic rings. The van der Waals surface area contributed by atoms with E-state index in [9.17, 15) is 9.90 Å². The van der Waals surface area contributed by atoms with Gasteiger partial charge < -0.3 is 14.8 Å². The maximum Gasteiger partial charge on any atom is 0.321 e. The van der Waals surface area contributed by atoms with Gasteiger partial charge >= 0.3 is 6.03 Å². The Labute approximate surface area is 132 Å². The Hall–Kier alpha value is -1.93. The molecule has 0 fully saturated rings. The van der Waals surface area contributed by atoms with E-state index < -0.39 is 11.6 Å². The minimum absolute atomic E-state index is 0.0179. The summed E-state index contributed by atoms with van der Waals surface area (Å²) in [6, 6.07) is 2.89. The zero-order valence-electron chi connectivity index (χ0n) is 12.8. The Kier molecular flexibility index (Phi) is 5.15. The fourth-order valence-electron chi connectivity index (χ4n) is 1.80. The van der Waals surface area contributed by atoms with Crippen LogP contribution in [0.2, 0.25) is 0 Å². The lowest BCUT2D eigenvalue weighted by Crippen LogP contribution is -2.40. The first-order valence-corrected chi connectivity index (χ1v) is 7.82. The van der Waals surface area contributed by atoms with Crippen molar-refractivity contribution < 1.29 is 14.3 Å². The number of carbonyl (C=O) groups excluding carboxylic acids is 1. The molecule has 22 heavy (non-hydrogen) atoms. The molecule has 7 nitrogen and oxygen atoms in total. The summed E-state index contributed by atoms with van der Waals surface area (Å²) in [5.74, 6) is 0.876. The van der Waals surface area contributed by atoms with Crippen molar-refractivity contribution in [2.75, 3.05) is 11.9 Å². The van der Waals surface area contributed by atoms with Crippen molar-refractivity contribution in [3.8, 4) is 0 Å². The number of hydrogen-bond acceptors (Lipinski definition) is 6. The number of carbonyl (C=O) groups is 1. The summed E-state index contributed by atoms with van der Waals surface area (Å²) in [7, 11) is 0. The van der Waals surface area contributed by atoms with Gasteiger partial charge in [-0.3, -0.25) is 5.32 Å². The lowest BCUT2D eigenvalue weighted by molar-refractivity contribution is 0.0372. The average Bonchev–Trinajstić information content (AvgIpc) is 3.08. The quantitative estimate of drug-likeness (QED) is 0.757. The van der Waals surface area contributed by atoms with E-state index >= 15 is 0 Å². The molecule has 2 aromatic heterocycles. The fraction of sp³-hybridized carbons (Fsp3) is 0.500. The lowest BCUT2D eigenvalue weighted by Gasteiger charge is -2.20. The maximum atomic E-state index is 11.8. The highest BCUT2D eigenvalue weighted by Crippen LogP contribution is 2.20. The predicted octanol–water partition coefficient (Wildman–Crippen LogP) is 2.36. The molecule has 120 valence electrons. The number of aliphatic hydroxyl groups is 1. The number of nitrogens with zero attached hydrogens (tertiary/aromatic N) is 2. The van der Waals surface area contributed by atoms with Crippen molar-refractivity contribution in [3.63, 3.8) is 0 Å². The highest BCUT2D eigenvalue weighted by molar-refractivity contribution is 7.15. The Morgan fingerprint density at radius 3 is 2.91 bits per heavy atom. The molecule has 0 saturated heterocycles. The fourth-order valence-corrected chi connectivity index (χ4v) is 2.75. The summed E-state index contributed by atoms with van der Waals surface area (Å²) in [5, 5.41) is 24.7. The molecule has 0 aliphatic heterocycles. The molecule has 8 heteroatoms. The van der Waals surface area contributed by atoms with Gasteiger partial charge in [0, 0.05) is 6.42 Å². The van der Waals surface area contributed by atoms with Gasteiger partial charge in [0.05, 0.1) is 12.8 Å². The molecule has 2 rings (SSSR count). The minimum atomic E-state index is -1.27. The van der Waals surface area contributed by atoms with Gasteiger partial charge in [0.2, 0.25) is 5.13 Å². The van der Waals surface area contributed by atoms with Crippen LogP contribution in [0.5, 0.6) is 0 Å². The largest absolute Gasteiger partial charge is 0.466 e. The third-order valence-corrected chi connectivity index (χ3v) is 3.78. The number of furan rings is 1. The molecule has 1 atom stereocenters. The van der Waals surface area contributed by atoms with Crippen LogP contribution in [0.15, 0.2) is 22.8 Å². The van der Waals surface area contributed by atoms with E-state index in [1.54, 1.807) is 19.1 Å². The second kappa shape index (κ2) is 6.89. The SMILES string of the molecule is CC(C)Cc1nnc(NC(=O)NCC(C)(O)c2ccco2)s1. The molecular formula is C14H20N4O3S. The zero-order valence-corrected chi connectivity index (χ0v) is 13.6. The van der Waals surface area contributed by atoms with Crippen molar-refractivity contribution in [1.29, 1.82) is 0 Å². The van der Waals surface area contributed by atoms with Crippen LogP contribution in [-0.4, -0.2) is 27.9 Å². The average molecular weight is 324 g/mol. The summed E-state index contributed by atoms with van der Waals surface area (Å²) in [6.07, 6.45) is 2.30. The Bertz CT molecular complexity index is 607. The highest BCUT2D eigenvalue weighted by Gasteiger charge is 2.26. The summed E-state index contributed by atoms with van der Waals surface area (Å²) < 4.78 is 5.15. The van der Waals surface area contributed by atoms with E-state index in [1.165, 1.54) is 17.6 Å². The number of aromatic nitrogens is 2. The van der Waals surface area contributed by atoms with Gasteiger partial charge in [-0.05, 0) is 25.0 Å². The molecule has 0 aliphatic carbocycles. The van der Waals surface area contributed by atoms with E-state index in [4.69, 9.17) is 4.42 Å². The monoisotopic (exact) mass is 324 g/mol. The van der Waals surface area contributed by atoms with E-state index in [1.807, 2.05) is 0 Å². The smallest absolute Gasteiger partial charge is 0.321 e.